The number of aliphatic carboxylic acids is 1. The van der Waals surface area contributed by atoms with Crippen LogP contribution in [-0.4, -0.2) is 79.5 Å². The molecule has 0 unspecified atom stereocenters. The molecule has 1 aliphatic rings. The van der Waals surface area contributed by atoms with Crippen LogP contribution in [0.5, 0.6) is 0 Å². The van der Waals surface area contributed by atoms with Gasteiger partial charge in [0, 0.05) is 6.26 Å². The van der Waals surface area contributed by atoms with Crippen molar-refractivity contribution in [3.63, 3.8) is 0 Å². The first-order valence-corrected chi connectivity index (χ1v) is 10.7. The normalized spacial score (nSPS) is 20.4. The predicted molar refractivity (Wildman–Crippen MR) is 111 cm³/mol. The Morgan fingerprint density at radius 3 is 2.31 bits per heavy atom. The van der Waals surface area contributed by atoms with Gasteiger partial charge in [-0.15, -0.1) is 0 Å². The zero-order chi connectivity index (χ0) is 21.1. The molecule has 156 valence electrons. The molecule has 10 heteroatoms. The zero-order valence-corrected chi connectivity index (χ0v) is 17.4. The van der Waals surface area contributed by atoms with Crippen molar-refractivity contribution >= 4 is 56.8 Å². The van der Waals surface area contributed by atoms with Crippen LogP contribution in [0.3, 0.4) is 0 Å². The summed E-state index contributed by atoms with van der Waals surface area (Å²) in [6.45, 7) is 6.86. The number of nitrogens with zero attached hydrogens (tertiary/aromatic N) is 1. The number of oxime groups is 1. The molecule has 0 spiro atoms. The first kappa shape index (κ1) is 25.5. The monoisotopic (exact) mass is 435 g/mol. The predicted octanol–water partition coefficient (Wildman–Crippen LogP) is 2.19. The minimum atomic E-state index is -3.32. The maximum absolute atomic E-state index is 11.7. The molecule has 0 bridgehead atoms. The fourth-order valence-corrected chi connectivity index (χ4v) is 3.39. The number of rotatable bonds is 8. The molecule has 0 aliphatic carbocycles. The van der Waals surface area contributed by atoms with Gasteiger partial charge in [-0.05, 0) is 50.0 Å². The number of carbonyl (C=O) groups is 1. The Balaban J connectivity index is 0.00000420. The van der Waals surface area contributed by atoms with Crippen molar-refractivity contribution < 1.29 is 32.6 Å². The van der Waals surface area contributed by atoms with E-state index < -0.39 is 28.0 Å². The first-order valence-electron chi connectivity index (χ1n) is 8.81. The molecule has 0 aromatic heterocycles. The van der Waals surface area contributed by atoms with Crippen LogP contribution in [-0.2, 0) is 28.9 Å². The SMILES string of the molecule is CC[C@]1(C)O/C(=N/OCC(=O)O)C(OC(C)C)=C1c1ccc(S(C)(=O)=O)cc1.[NaH]. The van der Waals surface area contributed by atoms with Crippen LogP contribution in [0.25, 0.3) is 5.57 Å². The van der Waals surface area contributed by atoms with Gasteiger partial charge in [-0.3, -0.25) is 0 Å². The van der Waals surface area contributed by atoms with Gasteiger partial charge in [-0.25, -0.2) is 13.2 Å². The Morgan fingerprint density at radius 1 is 1.28 bits per heavy atom. The van der Waals surface area contributed by atoms with E-state index in [1.54, 1.807) is 12.1 Å². The van der Waals surface area contributed by atoms with Gasteiger partial charge in [0.05, 0.1) is 16.6 Å². The standard InChI is InChI=1S/C19H25NO7S.Na.H/c1-6-19(4)16(13-7-9-14(10-8-13)28(5,23)24)17(26-12(2)3)18(27-19)20-25-11-15(21)22;;/h7-10,12H,6,11H2,1-5H3,(H,21,22);;/b20-18+;;/t19-;;/m0../s1. The van der Waals surface area contributed by atoms with Crippen LogP contribution in [0.2, 0.25) is 0 Å². The molecule has 1 aromatic carbocycles. The molecule has 0 fully saturated rings. The fourth-order valence-electron chi connectivity index (χ4n) is 2.76. The molecule has 1 heterocycles. The average Bonchev–Trinajstić information content (AvgIpc) is 2.86. The van der Waals surface area contributed by atoms with E-state index in [1.807, 2.05) is 27.7 Å². The molecule has 0 radical (unpaired) electrons. The van der Waals surface area contributed by atoms with E-state index in [1.165, 1.54) is 12.1 Å². The molecule has 0 amide bonds. The third-order valence-electron chi connectivity index (χ3n) is 4.21. The summed E-state index contributed by atoms with van der Waals surface area (Å²) in [4.78, 5) is 15.7. The van der Waals surface area contributed by atoms with E-state index in [4.69, 9.17) is 19.4 Å². The molecule has 1 N–H and O–H groups in total. The summed E-state index contributed by atoms with van der Waals surface area (Å²) in [5.41, 5.74) is 0.611. The molecule has 1 aromatic rings. The van der Waals surface area contributed by atoms with Gasteiger partial charge in [0.15, 0.2) is 15.6 Å². The molecular formula is C19H26NNaO7S. The molecule has 29 heavy (non-hydrogen) atoms. The van der Waals surface area contributed by atoms with Crippen molar-refractivity contribution in [1.82, 2.24) is 0 Å². The number of carboxylic acids is 1. The minimum absolute atomic E-state index is 0. The first-order chi connectivity index (χ1) is 13.0. The van der Waals surface area contributed by atoms with Crippen LogP contribution in [0, 0.1) is 0 Å². The molecule has 0 saturated heterocycles. The zero-order valence-electron chi connectivity index (χ0n) is 16.6. The summed E-state index contributed by atoms with van der Waals surface area (Å²) in [7, 11) is -3.32. The van der Waals surface area contributed by atoms with E-state index in [0.29, 0.717) is 17.8 Å². The molecule has 1 aliphatic heterocycles. The van der Waals surface area contributed by atoms with Crippen LogP contribution in [0.15, 0.2) is 40.1 Å². The van der Waals surface area contributed by atoms with Crippen LogP contribution >= 0.6 is 0 Å². The van der Waals surface area contributed by atoms with Crippen molar-refractivity contribution in [2.45, 2.75) is 50.7 Å². The van der Waals surface area contributed by atoms with Crippen molar-refractivity contribution in [1.29, 1.82) is 0 Å². The Hall–Kier alpha value is -1.55. The Labute approximate surface area is 193 Å². The van der Waals surface area contributed by atoms with Crippen LogP contribution < -0.4 is 0 Å². The van der Waals surface area contributed by atoms with Crippen molar-refractivity contribution in [2.24, 2.45) is 5.16 Å². The molecular weight excluding hydrogens is 409 g/mol. The average molecular weight is 435 g/mol. The summed E-state index contributed by atoms with van der Waals surface area (Å²) < 4.78 is 35.4. The van der Waals surface area contributed by atoms with Gasteiger partial charge in [-0.2, -0.15) is 0 Å². The second-order valence-corrected chi connectivity index (χ2v) is 8.93. The summed E-state index contributed by atoms with van der Waals surface area (Å²) in [6, 6.07) is 6.43. The van der Waals surface area contributed by atoms with Gasteiger partial charge in [0.25, 0.3) is 5.90 Å². The number of sulfone groups is 1. The van der Waals surface area contributed by atoms with Crippen LogP contribution in [0.4, 0.5) is 0 Å². The van der Waals surface area contributed by atoms with Gasteiger partial charge < -0.3 is 19.4 Å². The van der Waals surface area contributed by atoms with E-state index in [0.717, 1.165) is 11.8 Å². The molecule has 8 nitrogen and oxygen atoms in total. The number of hydrogen-bond donors (Lipinski definition) is 1. The summed E-state index contributed by atoms with van der Waals surface area (Å²) in [5.74, 6) is -0.758. The van der Waals surface area contributed by atoms with Crippen molar-refractivity contribution in [2.75, 3.05) is 12.9 Å². The number of ether oxygens (including phenoxy) is 2. The van der Waals surface area contributed by atoms with E-state index in [9.17, 15) is 13.2 Å². The summed E-state index contributed by atoms with van der Waals surface area (Å²) in [6.07, 6.45) is 1.51. The third-order valence-corrected chi connectivity index (χ3v) is 5.34. The Morgan fingerprint density at radius 2 is 1.86 bits per heavy atom. The summed E-state index contributed by atoms with van der Waals surface area (Å²) in [5, 5.41) is 12.6. The third kappa shape index (κ3) is 6.21. The summed E-state index contributed by atoms with van der Waals surface area (Å²) >= 11 is 0. The molecule has 2 rings (SSSR count). The van der Waals surface area contributed by atoms with E-state index in [-0.39, 0.29) is 46.5 Å². The number of hydrogen-bond acceptors (Lipinski definition) is 7. The molecule has 1 atom stereocenters. The van der Waals surface area contributed by atoms with Gasteiger partial charge >= 0.3 is 35.5 Å². The Kier molecular flexibility index (Phi) is 8.76. The topological polar surface area (TPSA) is 111 Å². The van der Waals surface area contributed by atoms with E-state index >= 15 is 0 Å². The second-order valence-electron chi connectivity index (χ2n) is 6.92. The number of benzene rings is 1. The fraction of sp³-hybridized carbons (Fsp3) is 0.474. The number of carboxylic acid groups (broad SMARTS) is 1. The van der Waals surface area contributed by atoms with Gasteiger partial charge in [0.2, 0.25) is 6.61 Å². The van der Waals surface area contributed by atoms with Gasteiger partial charge in [-0.1, -0.05) is 19.1 Å². The molecule has 0 saturated carbocycles. The Bertz CT molecular complexity index is 907. The van der Waals surface area contributed by atoms with Crippen LogP contribution in [0.1, 0.15) is 39.7 Å². The quantitative estimate of drug-likeness (QED) is 0.492. The maximum atomic E-state index is 11.7. The van der Waals surface area contributed by atoms with Crippen molar-refractivity contribution in [3.05, 3.63) is 35.6 Å². The van der Waals surface area contributed by atoms with Gasteiger partial charge in [0.1, 0.15) is 5.60 Å². The van der Waals surface area contributed by atoms with E-state index in [2.05, 4.69) is 5.16 Å². The van der Waals surface area contributed by atoms with Crippen molar-refractivity contribution in [3.8, 4) is 0 Å². The second kappa shape index (κ2) is 9.97.